The Bertz CT molecular complexity index is 843. The Hall–Kier alpha value is -1.72. The van der Waals surface area contributed by atoms with Gasteiger partial charge in [0.15, 0.2) is 0 Å². The summed E-state index contributed by atoms with van der Waals surface area (Å²) < 4.78 is 0. The van der Waals surface area contributed by atoms with Crippen molar-refractivity contribution < 1.29 is 20.4 Å². The fourth-order valence-corrected chi connectivity index (χ4v) is 3.63. The Labute approximate surface area is 157 Å². The first-order valence-corrected chi connectivity index (χ1v) is 8.29. The molecule has 2 aromatic carbocycles. The molecule has 0 amide bonds. The number of allylic oxidation sites excluding steroid dienone is 4. The molecule has 1 nitrogen and oxygen atoms in total. The topological polar surface area (TPSA) is 23.8 Å². The van der Waals surface area contributed by atoms with Gasteiger partial charge in [-0.05, 0) is 64.3 Å². The maximum absolute atomic E-state index is 7.55. The van der Waals surface area contributed by atoms with E-state index in [1.807, 2.05) is 0 Å². The number of rotatable bonds is 3. The minimum absolute atomic E-state index is 0. The number of nitrogens with one attached hydrogen (secondary N) is 1. The van der Waals surface area contributed by atoms with E-state index in [0.717, 1.165) is 19.3 Å². The fourth-order valence-electron chi connectivity index (χ4n) is 3.63. The van der Waals surface area contributed by atoms with Crippen LogP contribution in [-0.2, 0) is 33.3 Å². The molecule has 0 aliphatic heterocycles. The summed E-state index contributed by atoms with van der Waals surface area (Å²) in [6, 6.07) is 15.2. The average molecular weight is 485 g/mol. The van der Waals surface area contributed by atoms with Crippen LogP contribution in [0.5, 0.6) is 0 Å². The van der Waals surface area contributed by atoms with Gasteiger partial charge >= 0.3 is 0 Å². The van der Waals surface area contributed by atoms with Crippen molar-refractivity contribution in [3.05, 3.63) is 94.2 Å². The smallest absolute Gasteiger partial charge is 0 e. The van der Waals surface area contributed by atoms with E-state index in [0.29, 0.717) is 6.54 Å². The predicted octanol–water partition coefficient (Wildman–Crippen LogP) is 5.72. The van der Waals surface area contributed by atoms with Crippen molar-refractivity contribution in [1.82, 2.24) is 0 Å². The molecule has 0 fully saturated rings. The second-order valence-electron chi connectivity index (χ2n) is 6.18. The molecule has 4 rings (SSSR count). The molecule has 2 aromatic rings. The quantitative estimate of drug-likeness (QED) is 0.498. The molecule has 0 unspecified atom stereocenters. The molecule has 0 heterocycles. The number of hydrogen-bond acceptors (Lipinski definition) is 0. The van der Waals surface area contributed by atoms with E-state index in [2.05, 4.69) is 66.8 Å². The summed E-state index contributed by atoms with van der Waals surface area (Å²) in [6.45, 7) is 0.443. The van der Waals surface area contributed by atoms with Gasteiger partial charge < -0.3 is 5.73 Å². The summed E-state index contributed by atoms with van der Waals surface area (Å²) >= 11 is 0. The van der Waals surface area contributed by atoms with E-state index in [-0.39, 0.29) is 20.4 Å². The van der Waals surface area contributed by atoms with Crippen molar-refractivity contribution in [2.75, 3.05) is 6.54 Å². The Morgan fingerprint density at radius 2 is 1.71 bits per heavy atom. The normalized spacial score (nSPS) is 16.4. The monoisotopic (exact) mass is 485 g/mol. The van der Waals surface area contributed by atoms with Crippen LogP contribution >= 0.6 is 0 Å². The molecule has 0 spiro atoms. The molecule has 1 N–H and O–H groups in total. The Morgan fingerprint density at radius 3 is 2.54 bits per heavy atom. The first kappa shape index (κ1) is 17.1. The SMILES string of the molecule is [NH-]CCC1=C/C(=C\c2cccc3c2CC=CC3)c2ccccc21.[Re]. The first-order chi connectivity index (χ1) is 11.4. The maximum atomic E-state index is 7.55. The molecule has 2 aliphatic carbocycles. The second-order valence-corrected chi connectivity index (χ2v) is 6.18. The molecule has 121 valence electrons. The molecular formula is C22H20NRe-. The minimum atomic E-state index is 0. The zero-order valence-corrected chi connectivity index (χ0v) is 16.3. The summed E-state index contributed by atoms with van der Waals surface area (Å²) in [5, 5.41) is 0. The van der Waals surface area contributed by atoms with Crippen LogP contribution in [0.4, 0.5) is 0 Å². The zero-order valence-electron chi connectivity index (χ0n) is 13.6. The van der Waals surface area contributed by atoms with Crippen LogP contribution in [0.2, 0.25) is 0 Å². The van der Waals surface area contributed by atoms with Crippen LogP contribution in [0.1, 0.15) is 34.2 Å². The van der Waals surface area contributed by atoms with Gasteiger partial charge in [0.1, 0.15) is 0 Å². The standard InChI is InChI=1S/C22H20N.Re/c23-13-12-18-15-19(22-11-4-3-10-21(18)22)14-17-8-5-7-16-6-1-2-9-20(16)17;/h1-5,7-8,10-11,14-15,23H,6,9,12-13H2;/q-1;/b19-14+;. The molecule has 24 heavy (non-hydrogen) atoms. The number of fused-ring (bicyclic) bond motifs is 2. The third-order valence-electron chi connectivity index (χ3n) is 4.75. The van der Waals surface area contributed by atoms with Crippen molar-refractivity contribution in [2.24, 2.45) is 0 Å². The summed E-state index contributed by atoms with van der Waals surface area (Å²) in [6.07, 6.45) is 12.0. The average Bonchev–Trinajstić information content (AvgIpc) is 2.94. The van der Waals surface area contributed by atoms with Crippen molar-refractivity contribution in [3.8, 4) is 0 Å². The van der Waals surface area contributed by atoms with E-state index in [4.69, 9.17) is 5.73 Å². The van der Waals surface area contributed by atoms with Crippen molar-refractivity contribution >= 4 is 17.2 Å². The van der Waals surface area contributed by atoms with Gasteiger partial charge in [0.05, 0.1) is 0 Å². The molecule has 0 saturated carbocycles. The number of hydrogen-bond donors (Lipinski definition) is 0. The van der Waals surface area contributed by atoms with E-state index in [1.165, 1.54) is 39.0 Å². The maximum Gasteiger partial charge on any atom is 0 e. The summed E-state index contributed by atoms with van der Waals surface area (Å²) in [7, 11) is 0. The number of benzene rings is 2. The van der Waals surface area contributed by atoms with Crippen LogP contribution in [0.25, 0.3) is 23.0 Å². The van der Waals surface area contributed by atoms with Gasteiger partial charge in [0, 0.05) is 20.4 Å². The third kappa shape index (κ3) is 3.10. The van der Waals surface area contributed by atoms with Crippen LogP contribution in [-0.4, -0.2) is 6.54 Å². The van der Waals surface area contributed by atoms with Crippen LogP contribution in [0.3, 0.4) is 0 Å². The summed E-state index contributed by atoms with van der Waals surface area (Å²) in [4.78, 5) is 0. The van der Waals surface area contributed by atoms with Gasteiger partial charge in [-0.15, -0.1) is 6.54 Å². The van der Waals surface area contributed by atoms with Crippen molar-refractivity contribution in [1.29, 1.82) is 0 Å². The minimum Gasteiger partial charge on any atom is -0.677 e. The molecule has 0 bridgehead atoms. The third-order valence-corrected chi connectivity index (χ3v) is 4.75. The van der Waals surface area contributed by atoms with E-state index < -0.39 is 0 Å². The van der Waals surface area contributed by atoms with Crippen LogP contribution < -0.4 is 0 Å². The molecular weight excluding hydrogens is 464 g/mol. The van der Waals surface area contributed by atoms with Crippen LogP contribution in [0.15, 0.2) is 60.7 Å². The van der Waals surface area contributed by atoms with Gasteiger partial charge in [0.25, 0.3) is 0 Å². The van der Waals surface area contributed by atoms with Crippen molar-refractivity contribution in [2.45, 2.75) is 19.3 Å². The first-order valence-electron chi connectivity index (χ1n) is 8.29. The Morgan fingerprint density at radius 1 is 0.917 bits per heavy atom. The Balaban J connectivity index is 0.00000169. The molecule has 0 saturated heterocycles. The van der Waals surface area contributed by atoms with E-state index in [1.54, 1.807) is 0 Å². The molecule has 2 aliphatic rings. The van der Waals surface area contributed by atoms with Crippen LogP contribution in [0, 0.1) is 0 Å². The molecule has 0 atom stereocenters. The Kier molecular flexibility index (Phi) is 5.31. The molecule has 2 heteroatoms. The van der Waals surface area contributed by atoms with Crippen molar-refractivity contribution in [3.63, 3.8) is 0 Å². The van der Waals surface area contributed by atoms with Gasteiger partial charge in [-0.1, -0.05) is 60.7 Å². The molecule has 1 radical (unpaired) electrons. The summed E-state index contributed by atoms with van der Waals surface area (Å²) in [5.41, 5.74) is 17.0. The van der Waals surface area contributed by atoms with Gasteiger partial charge in [-0.3, -0.25) is 0 Å². The second kappa shape index (κ2) is 7.45. The van der Waals surface area contributed by atoms with E-state index >= 15 is 0 Å². The van der Waals surface area contributed by atoms with E-state index in [9.17, 15) is 0 Å². The fraction of sp³-hybridized carbons (Fsp3) is 0.182. The summed E-state index contributed by atoms with van der Waals surface area (Å²) in [5.74, 6) is 0. The predicted molar refractivity (Wildman–Crippen MR) is 99.1 cm³/mol. The zero-order chi connectivity index (χ0) is 15.6. The van der Waals surface area contributed by atoms with Gasteiger partial charge in [0.2, 0.25) is 0 Å². The van der Waals surface area contributed by atoms with Gasteiger partial charge in [-0.25, -0.2) is 0 Å². The molecule has 0 aromatic heterocycles. The largest absolute Gasteiger partial charge is 0.677 e. The van der Waals surface area contributed by atoms with Gasteiger partial charge in [-0.2, -0.15) is 0 Å².